The van der Waals surface area contributed by atoms with Gasteiger partial charge in [0.15, 0.2) is 0 Å². The minimum absolute atomic E-state index is 0.361. The number of hydrogen-bond acceptors (Lipinski definition) is 3. The van der Waals surface area contributed by atoms with E-state index in [1.807, 2.05) is 18.4 Å². The van der Waals surface area contributed by atoms with E-state index in [1.165, 1.54) is 0 Å². The summed E-state index contributed by atoms with van der Waals surface area (Å²) in [7, 11) is -3.38. The third-order valence-corrected chi connectivity index (χ3v) is 5.61. The van der Waals surface area contributed by atoms with Crippen molar-refractivity contribution in [2.75, 3.05) is 13.1 Å². The summed E-state index contributed by atoms with van der Waals surface area (Å²) >= 11 is 0. The molecule has 1 heterocycles. The summed E-state index contributed by atoms with van der Waals surface area (Å²) in [5.41, 5.74) is 6.55. The minimum atomic E-state index is -3.38. The Balaban J connectivity index is 2.28. The van der Waals surface area contributed by atoms with Crippen molar-refractivity contribution in [2.45, 2.75) is 51.1 Å². The van der Waals surface area contributed by atoms with Gasteiger partial charge in [0.25, 0.3) is 0 Å². The van der Waals surface area contributed by atoms with E-state index in [4.69, 9.17) is 5.73 Å². The Labute approximate surface area is 121 Å². The molecule has 1 aliphatic rings. The van der Waals surface area contributed by atoms with Gasteiger partial charge in [-0.15, -0.1) is 0 Å². The van der Waals surface area contributed by atoms with E-state index in [2.05, 4.69) is 0 Å². The quantitative estimate of drug-likeness (QED) is 0.795. The van der Waals surface area contributed by atoms with Crippen LogP contribution >= 0.6 is 0 Å². The molecule has 1 aromatic heterocycles. The van der Waals surface area contributed by atoms with Gasteiger partial charge in [-0.2, -0.15) is 4.31 Å². The average Bonchev–Trinajstić information content (AvgIpc) is 3.14. The lowest BCUT2D eigenvalue weighted by Gasteiger charge is -2.20. The molecule has 0 unspecified atom stereocenters. The fourth-order valence-corrected chi connectivity index (χ4v) is 4.10. The zero-order valence-corrected chi connectivity index (χ0v) is 13.2. The highest BCUT2D eigenvalue weighted by molar-refractivity contribution is 7.89. The number of hydrogen-bond donors (Lipinski definition) is 1. The molecule has 114 valence electrons. The van der Waals surface area contributed by atoms with Crippen molar-refractivity contribution in [3.63, 3.8) is 0 Å². The Morgan fingerprint density at radius 3 is 2.55 bits per heavy atom. The zero-order valence-electron chi connectivity index (χ0n) is 12.4. The van der Waals surface area contributed by atoms with E-state index < -0.39 is 10.0 Å². The number of nitrogens with zero attached hydrogens (tertiary/aromatic N) is 2. The van der Waals surface area contributed by atoms with Gasteiger partial charge in [0, 0.05) is 38.1 Å². The molecule has 1 fully saturated rings. The Morgan fingerprint density at radius 1 is 1.40 bits per heavy atom. The van der Waals surface area contributed by atoms with Crippen molar-refractivity contribution in [3.05, 3.63) is 18.0 Å². The van der Waals surface area contributed by atoms with Gasteiger partial charge in [-0.05, 0) is 38.2 Å². The molecule has 0 saturated heterocycles. The average molecular weight is 299 g/mol. The van der Waals surface area contributed by atoms with E-state index >= 15 is 0 Å². The molecule has 1 saturated carbocycles. The maximum atomic E-state index is 12.8. The molecule has 2 N–H and O–H groups in total. The van der Waals surface area contributed by atoms with Crippen molar-refractivity contribution >= 4 is 10.0 Å². The van der Waals surface area contributed by atoms with Crippen LogP contribution in [0.15, 0.2) is 17.2 Å². The van der Waals surface area contributed by atoms with Gasteiger partial charge in [0.2, 0.25) is 10.0 Å². The van der Waals surface area contributed by atoms with Crippen molar-refractivity contribution in [2.24, 2.45) is 11.7 Å². The summed E-state index contributed by atoms with van der Waals surface area (Å²) in [5, 5.41) is 0. The lowest BCUT2D eigenvalue weighted by molar-refractivity contribution is 0.395. The van der Waals surface area contributed by atoms with Crippen molar-refractivity contribution in [3.8, 4) is 0 Å². The van der Waals surface area contributed by atoms with E-state index in [0.717, 1.165) is 31.5 Å². The number of rotatable bonds is 8. The van der Waals surface area contributed by atoms with Gasteiger partial charge in [0.05, 0.1) is 0 Å². The first-order valence-corrected chi connectivity index (χ1v) is 8.86. The standard InChI is InChI=1S/C14H25N3O2S/c1-3-7-17(10-12-5-6-12)20(18,19)14-8-13(9-15)16(4-2)11-14/h8,11-12H,3-7,9-10,15H2,1-2H3. The third-order valence-electron chi connectivity index (χ3n) is 3.78. The molecule has 0 atom stereocenters. The largest absolute Gasteiger partial charge is 0.349 e. The third kappa shape index (κ3) is 3.24. The summed E-state index contributed by atoms with van der Waals surface area (Å²) in [5.74, 6) is 0.554. The number of sulfonamides is 1. The van der Waals surface area contributed by atoms with Crippen LogP contribution in [0.5, 0.6) is 0 Å². The molecule has 0 radical (unpaired) electrons. The van der Waals surface area contributed by atoms with Crippen molar-refractivity contribution < 1.29 is 8.42 Å². The van der Waals surface area contributed by atoms with Crippen LogP contribution in [0.4, 0.5) is 0 Å². The number of nitrogens with two attached hydrogens (primary N) is 1. The number of aryl methyl sites for hydroxylation is 1. The summed E-state index contributed by atoms with van der Waals surface area (Å²) in [4.78, 5) is 0.383. The van der Waals surface area contributed by atoms with E-state index in [0.29, 0.717) is 30.4 Å². The zero-order chi connectivity index (χ0) is 14.8. The Morgan fingerprint density at radius 2 is 2.10 bits per heavy atom. The van der Waals surface area contributed by atoms with Crippen LogP contribution in [0.1, 0.15) is 38.8 Å². The molecule has 0 amide bonds. The molecule has 5 nitrogen and oxygen atoms in total. The summed E-state index contributed by atoms with van der Waals surface area (Å²) < 4.78 is 29.1. The molecule has 0 aliphatic heterocycles. The second-order valence-electron chi connectivity index (χ2n) is 5.46. The Bertz CT molecular complexity index is 525. The van der Waals surface area contributed by atoms with Crippen LogP contribution in [-0.2, 0) is 23.1 Å². The molecule has 1 aromatic rings. The molecule has 0 bridgehead atoms. The van der Waals surface area contributed by atoms with Crippen LogP contribution < -0.4 is 5.73 Å². The van der Waals surface area contributed by atoms with E-state index in [-0.39, 0.29) is 0 Å². The van der Waals surface area contributed by atoms with Gasteiger partial charge in [-0.25, -0.2) is 8.42 Å². The smallest absolute Gasteiger partial charge is 0.244 e. The monoisotopic (exact) mass is 299 g/mol. The predicted molar refractivity (Wildman–Crippen MR) is 79.8 cm³/mol. The lowest BCUT2D eigenvalue weighted by atomic mass is 10.4. The highest BCUT2D eigenvalue weighted by Crippen LogP contribution is 2.32. The first-order valence-electron chi connectivity index (χ1n) is 7.42. The molecule has 1 aliphatic carbocycles. The first kappa shape index (κ1) is 15.5. The van der Waals surface area contributed by atoms with Crippen LogP contribution in [0.25, 0.3) is 0 Å². The molecule has 0 spiro atoms. The van der Waals surface area contributed by atoms with Gasteiger partial charge >= 0.3 is 0 Å². The van der Waals surface area contributed by atoms with Crippen LogP contribution in [0, 0.1) is 5.92 Å². The normalized spacial score (nSPS) is 16.0. The van der Waals surface area contributed by atoms with Crippen molar-refractivity contribution in [1.29, 1.82) is 0 Å². The van der Waals surface area contributed by atoms with Gasteiger partial charge in [-0.1, -0.05) is 6.92 Å². The molecule has 6 heteroatoms. The summed E-state index contributed by atoms with van der Waals surface area (Å²) in [6.45, 7) is 6.35. The van der Waals surface area contributed by atoms with Crippen LogP contribution in [0.2, 0.25) is 0 Å². The van der Waals surface area contributed by atoms with E-state index in [9.17, 15) is 8.42 Å². The Kier molecular flexibility index (Phi) is 4.88. The second-order valence-corrected chi connectivity index (χ2v) is 7.40. The van der Waals surface area contributed by atoms with Gasteiger partial charge in [0.1, 0.15) is 4.90 Å². The van der Waals surface area contributed by atoms with Crippen LogP contribution in [0.3, 0.4) is 0 Å². The van der Waals surface area contributed by atoms with Crippen molar-refractivity contribution in [1.82, 2.24) is 8.87 Å². The number of aromatic nitrogens is 1. The predicted octanol–water partition coefficient (Wildman–Crippen LogP) is 1.78. The lowest BCUT2D eigenvalue weighted by Crippen LogP contribution is -2.33. The maximum Gasteiger partial charge on any atom is 0.244 e. The van der Waals surface area contributed by atoms with Crippen LogP contribution in [-0.4, -0.2) is 30.4 Å². The summed E-state index contributed by atoms with van der Waals surface area (Å²) in [6.07, 6.45) is 4.86. The molecule has 2 rings (SSSR count). The maximum absolute atomic E-state index is 12.8. The first-order chi connectivity index (χ1) is 9.52. The molecule has 20 heavy (non-hydrogen) atoms. The Hall–Kier alpha value is -0.850. The molecular formula is C14H25N3O2S. The molecule has 0 aromatic carbocycles. The highest BCUT2D eigenvalue weighted by atomic mass is 32.2. The second kappa shape index (κ2) is 6.28. The fraction of sp³-hybridized carbons (Fsp3) is 0.714. The minimum Gasteiger partial charge on any atom is -0.349 e. The van der Waals surface area contributed by atoms with Gasteiger partial charge < -0.3 is 10.3 Å². The molecular weight excluding hydrogens is 274 g/mol. The van der Waals surface area contributed by atoms with Gasteiger partial charge in [-0.3, -0.25) is 0 Å². The fourth-order valence-electron chi connectivity index (χ4n) is 2.43. The SMILES string of the molecule is CCCN(CC1CC1)S(=O)(=O)c1cc(CN)n(CC)c1. The summed E-state index contributed by atoms with van der Waals surface area (Å²) in [6, 6.07) is 1.72. The van der Waals surface area contributed by atoms with E-state index in [1.54, 1.807) is 16.6 Å². The highest BCUT2D eigenvalue weighted by Gasteiger charge is 2.31. The topological polar surface area (TPSA) is 68.3 Å².